The summed E-state index contributed by atoms with van der Waals surface area (Å²) in [6.45, 7) is 0. The molecular formula is C10H10N4O2. The average Bonchev–Trinajstić information content (AvgIpc) is 2.64. The van der Waals surface area contributed by atoms with Gasteiger partial charge in [-0.25, -0.2) is 0 Å². The maximum Gasteiger partial charge on any atom is 0.258 e. The number of carbonyl (C=O) groups is 1. The highest BCUT2D eigenvalue weighted by molar-refractivity contribution is 6.03. The molecule has 0 aliphatic rings. The lowest BCUT2D eigenvalue weighted by atomic mass is 10.2. The number of hydrogen-bond donors (Lipinski definition) is 2. The van der Waals surface area contributed by atoms with Crippen LogP contribution >= 0.6 is 0 Å². The molecule has 6 heteroatoms. The van der Waals surface area contributed by atoms with Crippen LogP contribution in [0.4, 0.5) is 5.82 Å². The highest BCUT2D eigenvalue weighted by atomic mass is 16.3. The Bertz CT molecular complexity index is 521. The first-order valence-corrected chi connectivity index (χ1v) is 4.60. The molecule has 2 aromatic rings. The summed E-state index contributed by atoms with van der Waals surface area (Å²) in [5, 5.41) is 15.7. The van der Waals surface area contributed by atoms with Crippen molar-refractivity contribution in [2.24, 2.45) is 7.05 Å². The summed E-state index contributed by atoms with van der Waals surface area (Å²) in [4.78, 5) is 15.4. The van der Waals surface area contributed by atoms with Crippen LogP contribution in [-0.4, -0.2) is 25.8 Å². The topological polar surface area (TPSA) is 80.0 Å². The van der Waals surface area contributed by atoms with Gasteiger partial charge in [0.05, 0.1) is 18.0 Å². The largest absolute Gasteiger partial charge is 0.506 e. The van der Waals surface area contributed by atoms with Crippen LogP contribution in [0.25, 0.3) is 0 Å². The molecule has 0 saturated heterocycles. The molecule has 0 atom stereocenters. The molecule has 0 radical (unpaired) electrons. The van der Waals surface area contributed by atoms with Gasteiger partial charge in [-0.3, -0.25) is 14.5 Å². The van der Waals surface area contributed by atoms with E-state index in [1.807, 2.05) is 0 Å². The molecule has 2 rings (SSSR count). The second-order valence-electron chi connectivity index (χ2n) is 3.23. The summed E-state index contributed by atoms with van der Waals surface area (Å²) >= 11 is 0. The van der Waals surface area contributed by atoms with Gasteiger partial charge in [0.2, 0.25) is 0 Å². The van der Waals surface area contributed by atoms with Gasteiger partial charge >= 0.3 is 0 Å². The molecular weight excluding hydrogens is 208 g/mol. The molecule has 6 nitrogen and oxygen atoms in total. The Kier molecular flexibility index (Phi) is 2.55. The monoisotopic (exact) mass is 218 g/mol. The number of aromatic hydroxyl groups is 1. The number of hydrogen-bond acceptors (Lipinski definition) is 4. The van der Waals surface area contributed by atoms with E-state index < -0.39 is 0 Å². The van der Waals surface area contributed by atoms with Crippen LogP contribution in [0.1, 0.15) is 10.4 Å². The zero-order valence-corrected chi connectivity index (χ0v) is 8.58. The van der Waals surface area contributed by atoms with E-state index in [-0.39, 0.29) is 11.7 Å². The Hall–Kier alpha value is -2.37. The van der Waals surface area contributed by atoms with Crippen molar-refractivity contribution < 1.29 is 9.90 Å². The normalized spacial score (nSPS) is 10.1. The first-order valence-electron chi connectivity index (χ1n) is 4.60. The van der Waals surface area contributed by atoms with Crippen LogP contribution in [0.2, 0.25) is 0 Å². The molecule has 0 bridgehead atoms. The van der Waals surface area contributed by atoms with E-state index in [4.69, 9.17) is 0 Å². The lowest BCUT2D eigenvalue weighted by Gasteiger charge is -2.04. The molecule has 0 fully saturated rings. The van der Waals surface area contributed by atoms with Crippen LogP contribution in [0, 0.1) is 0 Å². The van der Waals surface area contributed by atoms with Gasteiger partial charge in [0.25, 0.3) is 5.91 Å². The lowest BCUT2D eigenvalue weighted by molar-refractivity contribution is 0.102. The standard InChI is InChI=1S/C10H10N4O2/c1-14-9(2-3-12-14)13-10(16)7-4-8(15)6-11-5-7/h2-6,15H,1H3,(H,13,16). The molecule has 0 unspecified atom stereocenters. The molecule has 0 aliphatic carbocycles. The lowest BCUT2D eigenvalue weighted by Crippen LogP contribution is -2.14. The van der Waals surface area contributed by atoms with Crippen molar-refractivity contribution in [3.05, 3.63) is 36.3 Å². The van der Waals surface area contributed by atoms with E-state index in [0.29, 0.717) is 11.4 Å². The van der Waals surface area contributed by atoms with E-state index >= 15 is 0 Å². The molecule has 16 heavy (non-hydrogen) atoms. The van der Waals surface area contributed by atoms with E-state index in [0.717, 1.165) is 0 Å². The number of carbonyl (C=O) groups excluding carboxylic acids is 1. The molecule has 0 saturated carbocycles. The van der Waals surface area contributed by atoms with E-state index in [9.17, 15) is 9.90 Å². The molecule has 82 valence electrons. The van der Waals surface area contributed by atoms with Gasteiger partial charge in [0, 0.05) is 19.3 Å². The zero-order chi connectivity index (χ0) is 11.5. The van der Waals surface area contributed by atoms with Crippen LogP contribution in [0.3, 0.4) is 0 Å². The molecule has 2 heterocycles. The third kappa shape index (κ3) is 2.00. The van der Waals surface area contributed by atoms with Gasteiger partial charge in [-0.05, 0) is 6.07 Å². The average molecular weight is 218 g/mol. The fourth-order valence-corrected chi connectivity index (χ4v) is 1.24. The minimum absolute atomic E-state index is 0.0438. The Morgan fingerprint density at radius 2 is 2.31 bits per heavy atom. The van der Waals surface area contributed by atoms with Crippen LogP contribution in [0.15, 0.2) is 30.7 Å². The van der Waals surface area contributed by atoms with Crippen molar-refractivity contribution in [1.82, 2.24) is 14.8 Å². The summed E-state index contributed by atoms with van der Waals surface area (Å²) in [5.41, 5.74) is 0.293. The number of anilines is 1. The minimum Gasteiger partial charge on any atom is -0.506 e. The first-order chi connectivity index (χ1) is 7.66. The Labute approximate surface area is 91.6 Å². The van der Waals surface area contributed by atoms with Crippen molar-refractivity contribution >= 4 is 11.7 Å². The molecule has 2 N–H and O–H groups in total. The number of aryl methyl sites for hydroxylation is 1. The van der Waals surface area contributed by atoms with Gasteiger partial charge in [-0.15, -0.1) is 0 Å². The predicted octanol–water partition coefficient (Wildman–Crippen LogP) is 0.773. The second-order valence-corrected chi connectivity index (χ2v) is 3.23. The SMILES string of the molecule is Cn1nccc1NC(=O)c1cncc(O)c1. The maximum absolute atomic E-state index is 11.7. The highest BCUT2D eigenvalue weighted by Gasteiger charge is 2.08. The number of pyridine rings is 1. The van der Waals surface area contributed by atoms with E-state index in [1.54, 1.807) is 19.3 Å². The van der Waals surface area contributed by atoms with E-state index in [1.165, 1.54) is 23.1 Å². The fourth-order valence-electron chi connectivity index (χ4n) is 1.24. The van der Waals surface area contributed by atoms with Crippen LogP contribution in [-0.2, 0) is 7.05 Å². The number of rotatable bonds is 2. The molecule has 1 amide bonds. The summed E-state index contributed by atoms with van der Waals surface area (Å²) in [5.74, 6) is 0.193. The van der Waals surface area contributed by atoms with Crippen molar-refractivity contribution in [1.29, 1.82) is 0 Å². The zero-order valence-electron chi connectivity index (χ0n) is 8.58. The second kappa shape index (κ2) is 4.01. The number of amides is 1. The van der Waals surface area contributed by atoms with Gasteiger partial charge in [-0.1, -0.05) is 0 Å². The van der Waals surface area contributed by atoms with Gasteiger partial charge in [-0.2, -0.15) is 5.10 Å². The van der Waals surface area contributed by atoms with Crippen LogP contribution in [0.5, 0.6) is 5.75 Å². The Morgan fingerprint density at radius 1 is 1.50 bits per heavy atom. The van der Waals surface area contributed by atoms with Gasteiger partial charge in [0.1, 0.15) is 11.6 Å². The molecule has 0 aromatic carbocycles. The van der Waals surface area contributed by atoms with Gasteiger partial charge in [0.15, 0.2) is 0 Å². The summed E-state index contributed by atoms with van der Waals surface area (Å²) in [6.07, 6.45) is 4.22. The van der Waals surface area contributed by atoms with Crippen molar-refractivity contribution in [2.75, 3.05) is 5.32 Å². The number of nitrogens with zero attached hydrogens (tertiary/aromatic N) is 3. The number of nitrogens with one attached hydrogen (secondary N) is 1. The van der Waals surface area contributed by atoms with Crippen LogP contribution < -0.4 is 5.32 Å². The predicted molar refractivity (Wildman–Crippen MR) is 57.1 cm³/mol. The summed E-state index contributed by atoms with van der Waals surface area (Å²) in [6, 6.07) is 3.02. The number of aromatic nitrogens is 3. The quantitative estimate of drug-likeness (QED) is 0.780. The van der Waals surface area contributed by atoms with Crippen molar-refractivity contribution in [2.45, 2.75) is 0 Å². The van der Waals surface area contributed by atoms with Crippen molar-refractivity contribution in [3.8, 4) is 5.75 Å². The Morgan fingerprint density at radius 3 is 2.94 bits per heavy atom. The minimum atomic E-state index is -0.341. The van der Waals surface area contributed by atoms with E-state index in [2.05, 4.69) is 15.4 Å². The summed E-state index contributed by atoms with van der Waals surface area (Å²) < 4.78 is 1.54. The molecule has 2 aromatic heterocycles. The molecule has 0 spiro atoms. The smallest absolute Gasteiger partial charge is 0.258 e. The maximum atomic E-state index is 11.7. The fraction of sp³-hybridized carbons (Fsp3) is 0.100. The van der Waals surface area contributed by atoms with Crippen molar-refractivity contribution in [3.63, 3.8) is 0 Å². The Balaban J connectivity index is 2.18. The highest BCUT2D eigenvalue weighted by Crippen LogP contribution is 2.11. The third-order valence-electron chi connectivity index (χ3n) is 2.05. The summed E-state index contributed by atoms with van der Waals surface area (Å²) in [7, 11) is 1.72. The van der Waals surface area contributed by atoms with Gasteiger partial charge < -0.3 is 10.4 Å². The first kappa shape index (κ1) is 10.2. The molecule has 0 aliphatic heterocycles. The third-order valence-corrected chi connectivity index (χ3v) is 2.05.